The van der Waals surface area contributed by atoms with Crippen LogP contribution in [0.4, 0.5) is 0 Å². The summed E-state index contributed by atoms with van der Waals surface area (Å²) in [5.74, 6) is 1.06. The second-order valence-electron chi connectivity index (χ2n) is 9.47. The number of nitrogens with one attached hydrogen (secondary N) is 1. The number of benzene rings is 2. The van der Waals surface area contributed by atoms with Crippen LogP contribution in [-0.2, 0) is 27.9 Å². The number of carbonyl (C=O) groups excluding carboxylic acids is 1. The lowest BCUT2D eigenvalue weighted by atomic mass is 9.71. The topological polar surface area (TPSA) is 71.0 Å². The lowest BCUT2D eigenvalue weighted by molar-refractivity contribution is -0.122. The lowest BCUT2D eigenvalue weighted by Gasteiger charge is -2.44. The van der Waals surface area contributed by atoms with Gasteiger partial charge in [-0.1, -0.05) is 30.3 Å². The number of aromatic hydroxyl groups is 1. The minimum Gasteiger partial charge on any atom is -0.508 e. The maximum Gasteiger partial charge on any atom is 0.225 e. The van der Waals surface area contributed by atoms with Crippen LogP contribution in [0.25, 0.3) is 0 Å². The maximum absolute atomic E-state index is 12.9. The number of ether oxygens (including phenoxy) is 2. The van der Waals surface area contributed by atoms with E-state index in [2.05, 4.69) is 28.4 Å². The number of phenolic OH excluding ortho intramolecular Hbond substituents is 1. The number of hydrogen-bond acceptors (Lipinski definition) is 6. The van der Waals surface area contributed by atoms with E-state index in [9.17, 15) is 9.90 Å². The summed E-state index contributed by atoms with van der Waals surface area (Å²) in [7, 11) is 3.40. The van der Waals surface area contributed by atoms with E-state index < -0.39 is 0 Å². The molecule has 1 aromatic heterocycles. The summed E-state index contributed by atoms with van der Waals surface area (Å²) in [4.78, 5) is 16.4. The maximum atomic E-state index is 12.9. The number of piperidine rings is 1. The molecule has 1 amide bonds. The molecule has 1 fully saturated rings. The van der Waals surface area contributed by atoms with Crippen LogP contribution in [0.1, 0.15) is 40.5 Å². The quantitative estimate of drug-likeness (QED) is 0.511. The molecule has 5 rings (SSSR count). The average molecular weight is 493 g/mol. The number of thiophene rings is 1. The van der Waals surface area contributed by atoms with Gasteiger partial charge in [0.1, 0.15) is 11.5 Å². The van der Waals surface area contributed by atoms with Crippen molar-refractivity contribution in [3.05, 3.63) is 81.5 Å². The van der Waals surface area contributed by atoms with Crippen molar-refractivity contribution < 1.29 is 19.4 Å². The van der Waals surface area contributed by atoms with Gasteiger partial charge in [-0.25, -0.2) is 0 Å². The molecule has 1 aliphatic heterocycles. The van der Waals surface area contributed by atoms with Gasteiger partial charge >= 0.3 is 0 Å². The Morgan fingerprint density at radius 2 is 1.94 bits per heavy atom. The molecular weight excluding hydrogens is 460 g/mol. The van der Waals surface area contributed by atoms with Crippen molar-refractivity contribution in [1.29, 1.82) is 0 Å². The van der Waals surface area contributed by atoms with E-state index in [1.807, 2.05) is 29.6 Å². The minimum atomic E-state index is -0.169. The number of phenols is 1. The summed E-state index contributed by atoms with van der Waals surface area (Å²) < 4.78 is 11.5. The van der Waals surface area contributed by atoms with Crippen LogP contribution in [0.15, 0.2) is 60.0 Å². The molecule has 1 saturated heterocycles. The van der Waals surface area contributed by atoms with E-state index in [-0.39, 0.29) is 23.5 Å². The van der Waals surface area contributed by atoms with Crippen LogP contribution in [0.2, 0.25) is 0 Å². The fourth-order valence-corrected chi connectivity index (χ4v) is 6.59. The molecule has 35 heavy (non-hydrogen) atoms. The highest BCUT2D eigenvalue weighted by Crippen LogP contribution is 2.52. The number of likely N-dealkylation sites (tertiary alicyclic amines) is 1. The summed E-state index contributed by atoms with van der Waals surface area (Å²) in [6.45, 7) is 2.42. The molecule has 0 radical (unpaired) electrons. The molecule has 2 aliphatic rings. The second kappa shape index (κ2) is 10.0. The van der Waals surface area contributed by atoms with Crippen molar-refractivity contribution in [2.75, 3.05) is 27.3 Å². The molecule has 3 aromatic rings. The van der Waals surface area contributed by atoms with Gasteiger partial charge in [0.25, 0.3) is 0 Å². The van der Waals surface area contributed by atoms with Crippen LogP contribution in [0.5, 0.6) is 11.5 Å². The Kier molecular flexibility index (Phi) is 6.82. The molecule has 2 N–H and O–H groups in total. The molecule has 7 heteroatoms. The van der Waals surface area contributed by atoms with Gasteiger partial charge in [0.05, 0.1) is 25.7 Å². The molecule has 0 saturated carbocycles. The zero-order chi connectivity index (χ0) is 24.4. The largest absolute Gasteiger partial charge is 0.508 e. The van der Waals surface area contributed by atoms with Gasteiger partial charge in [-0.2, -0.15) is 0 Å². The van der Waals surface area contributed by atoms with Crippen molar-refractivity contribution in [2.24, 2.45) is 0 Å². The summed E-state index contributed by atoms with van der Waals surface area (Å²) in [6, 6.07) is 17.6. The Morgan fingerprint density at radius 3 is 2.66 bits per heavy atom. The number of fused-ring (bicyclic) bond motifs is 2. The first-order valence-electron chi connectivity index (χ1n) is 12.1. The lowest BCUT2D eigenvalue weighted by Crippen LogP contribution is -2.50. The van der Waals surface area contributed by atoms with Crippen molar-refractivity contribution in [2.45, 2.75) is 43.4 Å². The first kappa shape index (κ1) is 23.9. The highest BCUT2D eigenvalue weighted by Gasteiger charge is 2.53. The minimum absolute atomic E-state index is 0.0253. The zero-order valence-corrected chi connectivity index (χ0v) is 21.0. The number of methoxy groups -OCH3 is 2. The monoisotopic (exact) mass is 492 g/mol. The Hall–Kier alpha value is -2.87. The molecule has 0 unspecified atom stereocenters. The Labute approximate surface area is 210 Å². The van der Waals surface area contributed by atoms with Gasteiger partial charge in [0, 0.05) is 29.5 Å². The Morgan fingerprint density at radius 1 is 1.14 bits per heavy atom. The SMILES string of the molecule is COc1ccc(O)c(CN2CCC3(CC2)c2ccccc2[C@@H](NC(=O)Cc2cccs2)[C@@H]3OC)c1. The molecule has 2 heterocycles. The van der Waals surface area contributed by atoms with Crippen molar-refractivity contribution in [3.8, 4) is 11.5 Å². The molecule has 184 valence electrons. The third kappa shape index (κ3) is 4.56. The van der Waals surface area contributed by atoms with E-state index in [1.54, 1.807) is 37.7 Å². The predicted octanol–water partition coefficient (Wildman–Crippen LogP) is 4.42. The molecule has 1 spiro atoms. The van der Waals surface area contributed by atoms with Gasteiger partial charge < -0.3 is 19.9 Å². The molecule has 2 atom stereocenters. The van der Waals surface area contributed by atoms with Gasteiger partial charge in [0.15, 0.2) is 0 Å². The molecule has 0 bridgehead atoms. The summed E-state index contributed by atoms with van der Waals surface area (Å²) in [5, 5.41) is 15.6. The van der Waals surface area contributed by atoms with Gasteiger partial charge in [0.2, 0.25) is 5.91 Å². The normalized spacial score (nSPS) is 21.1. The van der Waals surface area contributed by atoms with E-state index in [0.717, 1.165) is 47.7 Å². The first-order valence-corrected chi connectivity index (χ1v) is 12.9. The predicted molar refractivity (Wildman–Crippen MR) is 137 cm³/mol. The number of carbonyl (C=O) groups is 1. The summed E-state index contributed by atoms with van der Waals surface area (Å²) >= 11 is 1.60. The second-order valence-corrected chi connectivity index (χ2v) is 10.5. The van der Waals surface area contributed by atoms with Crippen LogP contribution in [0.3, 0.4) is 0 Å². The van der Waals surface area contributed by atoms with Crippen LogP contribution >= 0.6 is 11.3 Å². The van der Waals surface area contributed by atoms with Gasteiger partial charge in [-0.3, -0.25) is 9.69 Å². The standard InChI is InChI=1S/C28H32N2O4S/c1-33-20-9-10-24(31)19(16-20)18-30-13-11-28(12-14-30)23-8-4-3-7-22(23)26(27(28)34-2)29-25(32)17-21-6-5-15-35-21/h3-10,15-16,26-27,31H,11-14,17-18H2,1-2H3,(H,29,32)/t26-,27+/m1/s1. The molecule has 2 aromatic carbocycles. The highest BCUT2D eigenvalue weighted by atomic mass is 32.1. The van der Waals surface area contributed by atoms with E-state index in [0.29, 0.717) is 18.7 Å². The smallest absolute Gasteiger partial charge is 0.225 e. The first-order chi connectivity index (χ1) is 17.0. The molecular formula is C28H32N2O4S. The number of amides is 1. The Balaban J connectivity index is 1.34. The highest BCUT2D eigenvalue weighted by molar-refractivity contribution is 7.10. The van der Waals surface area contributed by atoms with Crippen molar-refractivity contribution >= 4 is 17.2 Å². The van der Waals surface area contributed by atoms with E-state index in [1.165, 1.54) is 5.56 Å². The van der Waals surface area contributed by atoms with Crippen molar-refractivity contribution in [3.63, 3.8) is 0 Å². The van der Waals surface area contributed by atoms with Gasteiger partial charge in [-0.15, -0.1) is 11.3 Å². The summed E-state index contributed by atoms with van der Waals surface area (Å²) in [6.07, 6.45) is 2.10. The van der Waals surface area contributed by atoms with Crippen LogP contribution in [0, 0.1) is 0 Å². The average Bonchev–Trinajstić information content (AvgIpc) is 3.47. The molecule has 6 nitrogen and oxygen atoms in total. The third-order valence-corrected chi connectivity index (χ3v) is 8.47. The van der Waals surface area contributed by atoms with E-state index in [4.69, 9.17) is 9.47 Å². The third-order valence-electron chi connectivity index (χ3n) is 7.59. The fraction of sp³-hybridized carbons (Fsp3) is 0.393. The number of rotatable bonds is 7. The van der Waals surface area contributed by atoms with Crippen LogP contribution < -0.4 is 10.1 Å². The van der Waals surface area contributed by atoms with Crippen LogP contribution in [-0.4, -0.2) is 49.3 Å². The van der Waals surface area contributed by atoms with Crippen molar-refractivity contribution in [1.82, 2.24) is 10.2 Å². The molecule has 1 aliphatic carbocycles. The Bertz CT molecular complexity index is 1170. The number of nitrogens with zero attached hydrogens (tertiary/aromatic N) is 1. The van der Waals surface area contributed by atoms with E-state index >= 15 is 0 Å². The van der Waals surface area contributed by atoms with Gasteiger partial charge in [-0.05, 0) is 66.7 Å². The summed E-state index contributed by atoms with van der Waals surface area (Å²) in [5.41, 5.74) is 3.17. The zero-order valence-electron chi connectivity index (χ0n) is 20.2. The number of hydrogen-bond donors (Lipinski definition) is 2. The fourth-order valence-electron chi connectivity index (χ4n) is 5.89.